The van der Waals surface area contributed by atoms with Gasteiger partial charge in [-0.1, -0.05) is 66.7 Å². The second-order valence-corrected chi connectivity index (χ2v) is 15.7. The van der Waals surface area contributed by atoms with Gasteiger partial charge in [-0.15, -0.1) is 0 Å². The topological polar surface area (TPSA) is 275 Å². The Morgan fingerprint density at radius 1 is 0.635 bits per heavy atom. The molecule has 330 valence electrons. The molecular formula is C46H55N11O6. The largest absolute Gasteiger partial charge is 0.361 e. The molecule has 5 amide bonds. The zero-order chi connectivity index (χ0) is 44.7. The number of aromatic nitrogens is 4. The molecule has 0 fully saturated rings. The van der Waals surface area contributed by atoms with Crippen LogP contribution in [-0.2, 0) is 54.5 Å². The molecule has 6 atom stereocenters. The minimum Gasteiger partial charge on any atom is -0.361 e. The Hall–Kier alpha value is -7.11. The Balaban J connectivity index is 1.20. The summed E-state index contributed by atoms with van der Waals surface area (Å²) in [6, 6.07) is 17.8. The fraction of sp³-hybridized carbons (Fsp3) is 0.326. The molecule has 0 radical (unpaired) electrons. The van der Waals surface area contributed by atoms with Crippen LogP contribution in [0, 0.1) is 0 Å². The van der Waals surface area contributed by atoms with Crippen molar-refractivity contribution in [3.63, 3.8) is 0 Å². The number of nitrogens with two attached hydrogens (primary N) is 2. The number of fused-ring (bicyclic) bond motifs is 2. The first kappa shape index (κ1) is 45.4. The van der Waals surface area contributed by atoms with Crippen LogP contribution < -0.4 is 38.1 Å². The second kappa shape index (κ2) is 22.1. The molecule has 17 nitrogen and oxygen atoms in total. The lowest BCUT2D eigenvalue weighted by atomic mass is 10.0. The highest BCUT2D eigenvalue weighted by molar-refractivity contribution is 5.96. The average Bonchev–Trinajstić information content (AvgIpc) is 4.06. The van der Waals surface area contributed by atoms with E-state index in [-0.39, 0.29) is 32.1 Å². The molecule has 3 aromatic heterocycles. The molecule has 6 rings (SSSR count). The van der Waals surface area contributed by atoms with Crippen molar-refractivity contribution in [3.05, 3.63) is 126 Å². The predicted molar refractivity (Wildman–Crippen MR) is 239 cm³/mol. The number of carbonyl (C=O) groups excluding carboxylic acids is 6. The molecule has 3 aromatic carbocycles. The van der Waals surface area contributed by atoms with Crippen LogP contribution in [0.25, 0.3) is 21.8 Å². The quantitative estimate of drug-likeness (QED) is 0.0332. The maximum absolute atomic E-state index is 14.5. The molecule has 0 aliphatic heterocycles. The number of nitrogens with one attached hydrogen (secondary N) is 8. The number of hydrogen-bond donors (Lipinski definition) is 10. The van der Waals surface area contributed by atoms with E-state index >= 15 is 0 Å². The zero-order valence-electron chi connectivity index (χ0n) is 35.1. The van der Waals surface area contributed by atoms with Crippen molar-refractivity contribution in [3.8, 4) is 0 Å². The third kappa shape index (κ3) is 12.5. The van der Waals surface area contributed by atoms with Crippen LogP contribution in [0.1, 0.15) is 48.6 Å². The van der Waals surface area contributed by atoms with Crippen LogP contribution in [0.5, 0.6) is 0 Å². The highest BCUT2D eigenvalue weighted by Crippen LogP contribution is 2.21. The van der Waals surface area contributed by atoms with Crippen LogP contribution in [-0.4, -0.2) is 98.6 Å². The van der Waals surface area contributed by atoms with E-state index in [1.807, 2.05) is 66.7 Å². The molecule has 0 saturated heterocycles. The fourth-order valence-corrected chi connectivity index (χ4v) is 7.46. The Labute approximate surface area is 364 Å². The smallest absolute Gasteiger partial charge is 0.243 e. The number of rotatable bonds is 23. The first-order chi connectivity index (χ1) is 30.5. The van der Waals surface area contributed by atoms with Gasteiger partial charge < -0.3 is 57.8 Å². The summed E-state index contributed by atoms with van der Waals surface area (Å²) in [6.45, 7) is 1.83. The minimum atomic E-state index is -1.21. The van der Waals surface area contributed by atoms with Crippen molar-refractivity contribution in [2.45, 2.75) is 88.1 Å². The van der Waals surface area contributed by atoms with Gasteiger partial charge in [-0.3, -0.25) is 24.0 Å². The molecule has 0 unspecified atom stereocenters. The SMILES string of the molecule is C[C@H](NC(=O)[C@@H](N)Cc1cnc[nH]1)C(=O)N[C@@H](CCCCN)C(=O)N[C@@H](Cc1ccccc1)C(=O)N[C@@H](Cc1c[nH]c2ccccc12)C(=O)N[C@H](C=O)Cc1c[nH]c2ccccc12. The molecule has 63 heavy (non-hydrogen) atoms. The van der Waals surface area contributed by atoms with Gasteiger partial charge in [-0.25, -0.2) is 4.98 Å². The Morgan fingerprint density at radius 2 is 1.21 bits per heavy atom. The van der Waals surface area contributed by atoms with Gasteiger partial charge in [0.25, 0.3) is 0 Å². The molecule has 0 aliphatic carbocycles. The number of unbranched alkanes of at least 4 members (excludes halogenated alkanes) is 1. The number of amides is 5. The van der Waals surface area contributed by atoms with Gasteiger partial charge >= 0.3 is 0 Å². The molecule has 0 bridgehead atoms. The number of carbonyl (C=O) groups is 6. The number of nitrogens with zero attached hydrogens (tertiary/aromatic N) is 1. The van der Waals surface area contributed by atoms with E-state index in [1.165, 1.54) is 13.3 Å². The Bertz CT molecular complexity index is 2470. The lowest BCUT2D eigenvalue weighted by molar-refractivity contribution is -0.134. The van der Waals surface area contributed by atoms with Crippen LogP contribution in [0.2, 0.25) is 0 Å². The third-order valence-corrected chi connectivity index (χ3v) is 10.9. The van der Waals surface area contributed by atoms with Crippen LogP contribution >= 0.6 is 0 Å². The number of aromatic amines is 3. The van der Waals surface area contributed by atoms with E-state index in [2.05, 4.69) is 46.5 Å². The molecular weight excluding hydrogens is 803 g/mol. The molecule has 12 N–H and O–H groups in total. The Kier molecular flexibility index (Phi) is 15.9. The summed E-state index contributed by atoms with van der Waals surface area (Å²) in [7, 11) is 0. The number of imidazole rings is 1. The van der Waals surface area contributed by atoms with E-state index < -0.39 is 65.8 Å². The molecule has 0 spiro atoms. The van der Waals surface area contributed by atoms with Gasteiger partial charge in [-0.2, -0.15) is 0 Å². The van der Waals surface area contributed by atoms with E-state index in [1.54, 1.807) is 30.7 Å². The van der Waals surface area contributed by atoms with Crippen molar-refractivity contribution in [2.24, 2.45) is 11.5 Å². The Morgan fingerprint density at radius 3 is 1.83 bits per heavy atom. The maximum atomic E-state index is 14.5. The highest BCUT2D eigenvalue weighted by atomic mass is 16.2. The summed E-state index contributed by atoms with van der Waals surface area (Å²) in [6.07, 6.45) is 8.96. The van der Waals surface area contributed by atoms with Gasteiger partial charge in [-0.05, 0) is 61.6 Å². The summed E-state index contributed by atoms with van der Waals surface area (Å²) in [4.78, 5) is 95.0. The zero-order valence-corrected chi connectivity index (χ0v) is 35.1. The standard InChI is InChI=1S/C46H55N11O6/c1-28(53-43(60)36(48)22-32-25-49-27-52-32)42(59)55-39(17-9-10-18-47)44(61)56-40(19-29-11-3-2-4-12-29)46(63)57-41(21-31-24-51-38-16-8-6-14-35(31)38)45(62)54-33(26-58)20-30-23-50-37-15-7-5-13-34(30)37/h2-8,11-16,23-28,33,36,39-41,50-51H,9-10,17-22,47-48H2,1H3,(H,49,52)(H,53,60)(H,54,62)(H,55,59)(H,56,61)(H,57,63)/t28-,33-,36-,39-,40-,41-/m0/s1. The second-order valence-electron chi connectivity index (χ2n) is 15.7. The lowest BCUT2D eigenvalue weighted by Gasteiger charge is -2.27. The van der Waals surface area contributed by atoms with Crippen LogP contribution in [0.4, 0.5) is 0 Å². The number of H-pyrrole nitrogens is 3. The monoisotopic (exact) mass is 857 g/mol. The first-order valence-electron chi connectivity index (χ1n) is 21.1. The van der Waals surface area contributed by atoms with Crippen molar-refractivity contribution in [1.82, 2.24) is 46.5 Å². The maximum Gasteiger partial charge on any atom is 0.243 e. The van der Waals surface area contributed by atoms with Gasteiger partial charge in [0.2, 0.25) is 29.5 Å². The van der Waals surface area contributed by atoms with Gasteiger partial charge in [0.05, 0.1) is 18.4 Å². The lowest BCUT2D eigenvalue weighted by Crippen LogP contribution is -2.59. The minimum absolute atomic E-state index is 0.0432. The summed E-state index contributed by atoms with van der Waals surface area (Å²) in [5.41, 5.74) is 16.5. The van der Waals surface area contributed by atoms with Gasteiger partial charge in [0, 0.05) is 71.8 Å². The predicted octanol–water partition coefficient (Wildman–Crippen LogP) is 1.74. The molecule has 6 aromatic rings. The van der Waals surface area contributed by atoms with Crippen molar-refractivity contribution in [2.75, 3.05) is 6.54 Å². The number of benzene rings is 3. The van der Waals surface area contributed by atoms with Gasteiger partial charge in [0.1, 0.15) is 30.5 Å². The van der Waals surface area contributed by atoms with E-state index in [0.29, 0.717) is 31.4 Å². The summed E-state index contributed by atoms with van der Waals surface area (Å²) in [5.74, 6) is -3.11. The normalized spacial score (nSPS) is 14.1. The van der Waals surface area contributed by atoms with Crippen LogP contribution in [0.15, 0.2) is 104 Å². The highest BCUT2D eigenvalue weighted by Gasteiger charge is 2.32. The molecule has 3 heterocycles. The number of hydrogen-bond acceptors (Lipinski definition) is 9. The molecule has 17 heteroatoms. The van der Waals surface area contributed by atoms with E-state index in [9.17, 15) is 28.8 Å². The fourth-order valence-electron chi connectivity index (χ4n) is 7.46. The van der Waals surface area contributed by atoms with Crippen molar-refractivity contribution in [1.29, 1.82) is 0 Å². The van der Waals surface area contributed by atoms with Crippen molar-refractivity contribution < 1.29 is 28.8 Å². The number of para-hydroxylation sites is 2. The average molecular weight is 858 g/mol. The number of aldehydes is 1. The first-order valence-corrected chi connectivity index (χ1v) is 21.1. The van der Waals surface area contributed by atoms with Gasteiger partial charge in [0.15, 0.2) is 0 Å². The van der Waals surface area contributed by atoms with Crippen LogP contribution in [0.3, 0.4) is 0 Å². The summed E-state index contributed by atoms with van der Waals surface area (Å²) >= 11 is 0. The van der Waals surface area contributed by atoms with E-state index in [4.69, 9.17) is 11.5 Å². The summed E-state index contributed by atoms with van der Waals surface area (Å²) in [5, 5.41) is 15.7. The summed E-state index contributed by atoms with van der Waals surface area (Å²) < 4.78 is 0. The third-order valence-electron chi connectivity index (χ3n) is 10.9. The molecule has 0 aliphatic rings. The van der Waals surface area contributed by atoms with E-state index in [0.717, 1.165) is 38.5 Å². The van der Waals surface area contributed by atoms with Crippen molar-refractivity contribution >= 4 is 57.6 Å². The molecule has 0 saturated carbocycles.